The Morgan fingerprint density at radius 2 is 1.78 bits per heavy atom. The minimum Gasteiger partial charge on any atom is -0.438 e. The number of hydrogen-bond acceptors (Lipinski definition) is 3. The maximum atomic E-state index is 12.3. The Morgan fingerprint density at radius 3 is 2.33 bits per heavy atom. The first-order chi connectivity index (χ1) is 8.47. The molecule has 0 unspecified atom stereocenters. The van der Waals surface area contributed by atoms with Crippen LogP contribution in [0.1, 0.15) is 5.56 Å². The third kappa shape index (κ3) is 3.09. The molecule has 0 atom stereocenters. The van der Waals surface area contributed by atoms with Gasteiger partial charge in [-0.15, -0.1) is 0 Å². The second-order valence-electron chi connectivity index (χ2n) is 3.30. The molecule has 3 nitrogen and oxygen atoms in total. The molecule has 0 fully saturated rings. The van der Waals surface area contributed by atoms with Crippen LogP contribution in [0.3, 0.4) is 0 Å². The molecule has 0 spiro atoms. The maximum absolute atomic E-state index is 12.3. The first-order valence-corrected chi connectivity index (χ1v) is 5.85. The van der Waals surface area contributed by atoms with Gasteiger partial charge in [-0.3, -0.25) is 0 Å². The van der Waals surface area contributed by atoms with Gasteiger partial charge in [-0.25, -0.2) is 9.97 Å². The van der Waals surface area contributed by atoms with E-state index in [1.807, 2.05) is 22.6 Å². The number of hydrogen-bond donors (Lipinski definition) is 0. The number of alkyl halides is 3. The van der Waals surface area contributed by atoms with Crippen LogP contribution in [0.4, 0.5) is 13.2 Å². The van der Waals surface area contributed by atoms with Crippen LogP contribution in [0, 0.1) is 3.57 Å². The van der Waals surface area contributed by atoms with Crippen molar-refractivity contribution in [3.8, 4) is 11.6 Å². The van der Waals surface area contributed by atoms with E-state index in [-0.39, 0.29) is 0 Å². The molecule has 0 radical (unpaired) electrons. The molecule has 2 rings (SSSR count). The highest BCUT2D eigenvalue weighted by molar-refractivity contribution is 14.1. The zero-order chi connectivity index (χ0) is 13.2. The second-order valence-corrected chi connectivity index (χ2v) is 4.46. The second kappa shape index (κ2) is 5.09. The standard InChI is InChI=1S/C11H6F3IN2O/c12-11(13,14)7-1-3-8(4-2-7)18-10-9(15)5-16-6-17-10/h1-6H. The van der Waals surface area contributed by atoms with E-state index in [0.717, 1.165) is 12.1 Å². The molecule has 0 saturated carbocycles. The van der Waals surface area contributed by atoms with Gasteiger partial charge in [0, 0.05) is 6.20 Å². The topological polar surface area (TPSA) is 35.0 Å². The highest BCUT2D eigenvalue weighted by Gasteiger charge is 2.30. The Hall–Kier alpha value is -1.38. The normalized spacial score (nSPS) is 11.3. The van der Waals surface area contributed by atoms with E-state index >= 15 is 0 Å². The van der Waals surface area contributed by atoms with Crippen LogP contribution in [0.5, 0.6) is 11.6 Å². The fraction of sp³-hybridized carbons (Fsp3) is 0.0909. The monoisotopic (exact) mass is 366 g/mol. The van der Waals surface area contributed by atoms with Crippen molar-refractivity contribution in [2.45, 2.75) is 6.18 Å². The number of aromatic nitrogens is 2. The fourth-order valence-electron chi connectivity index (χ4n) is 1.20. The first kappa shape index (κ1) is 13.1. The zero-order valence-corrected chi connectivity index (χ0v) is 10.9. The minimum absolute atomic E-state index is 0.291. The molecule has 0 amide bonds. The van der Waals surface area contributed by atoms with Crippen LogP contribution < -0.4 is 4.74 Å². The van der Waals surface area contributed by atoms with Gasteiger partial charge < -0.3 is 4.74 Å². The maximum Gasteiger partial charge on any atom is 0.416 e. The van der Waals surface area contributed by atoms with E-state index in [2.05, 4.69) is 9.97 Å². The van der Waals surface area contributed by atoms with E-state index < -0.39 is 11.7 Å². The molecule has 2 aromatic rings. The van der Waals surface area contributed by atoms with E-state index in [4.69, 9.17) is 4.74 Å². The molecule has 0 aliphatic rings. The summed E-state index contributed by atoms with van der Waals surface area (Å²) in [5, 5.41) is 0. The lowest BCUT2D eigenvalue weighted by Gasteiger charge is -2.08. The summed E-state index contributed by atoms with van der Waals surface area (Å²) in [6, 6.07) is 4.43. The largest absolute Gasteiger partial charge is 0.438 e. The molecule has 1 aromatic heterocycles. The van der Waals surface area contributed by atoms with Gasteiger partial charge in [0.2, 0.25) is 5.88 Å². The molecule has 0 saturated heterocycles. The van der Waals surface area contributed by atoms with Gasteiger partial charge in [-0.2, -0.15) is 13.2 Å². The van der Waals surface area contributed by atoms with Gasteiger partial charge >= 0.3 is 6.18 Å². The number of rotatable bonds is 2. The Morgan fingerprint density at radius 1 is 1.11 bits per heavy atom. The summed E-state index contributed by atoms with van der Waals surface area (Å²) in [7, 11) is 0. The molecule has 0 aliphatic carbocycles. The highest BCUT2D eigenvalue weighted by Crippen LogP contribution is 2.31. The number of benzene rings is 1. The molecule has 0 aliphatic heterocycles. The van der Waals surface area contributed by atoms with E-state index in [9.17, 15) is 13.2 Å². The molecule has 18 heavy (non-hydrogen) atoms. The highest BCUT2D eigenvalue weighted by atomic mass is 127. The summed E-state index contributed by atoms with van der Waals surface area (Å²) < 4.78 is 43.1. The molecule has 1 aromatic carbocycles. The molecule has 0 bridgehead atoms. The molecule has 0 N–H and O–H groups in total. The van der Waals surface area contributed by atoms with Crippen molar-refractivity contribution in [1.82, 2.24) is 9.97 Å². The lowest BCUT2D eigenvalue weighted by molar-refractivity contribution is -0.137. The quantitative estimate of drug-likeness (QED) is 0.757. The summed E-state index contributed by atoms with van der Waals surface area (Å²) in [5.74, 6) is 0.602. The molecular weight excluding hydrogens is 360 g/mol. The number of ether oxygens (including phenoxy) is 1. The van der Waals surface area contributed by atoms with E-state index in [1.54, 1.807) is 6.20 Å². The first-order valence-electron chi connectivity index (χ1n) is 4.77. The van der Waals surface area contributed by atoms with Gasteiger partial charge in [0.05, 0.1) is 9.13 Å². The summed E-state index contributed by atoms with van der Waals surface area (Å²) in [6.07, 6.45) is -1.49. The summed E-state index contributed by atoms with van der Waals surface area (Å²) >= 11 is 1.98. The predicted octanol–water partition coefficient (Wildman–Crippen LogP) is 3.89. The van der Waals surface area contributed by atoms with E-state index in [1.165, 1.54) is 18.5 Å². The van der Waals surface area contributed by atoms with Crippen molar-refractivity contribution in [1.29, 1.82) is 0 Å². The average Bonchev–Trinajstić information content (AvgIpc) is 2.32. The fourth-order valence-corrected chi connectivity index (χ4v) is 1.61. The van der Waals surface area contributed by atoms with Crippen LogP contribution in [0.2, 0.25) is 0 Å². The van der Waals surface area contributed by atoms with E-state index in [0.29, 0.717) is 15.2 Å². The summed E-state index contributed by atoms with van der Waals surface area (Å²) in [5.41, 5.74) is -0.716. The van der Waals surface area contributed by atoms with Crippen molar-refractivity contribution >= 4 is 22.6 Å². The Bertz CT molecular complexity index is 543. The van der Waals surface area contributed by atoms with Gasteiger partial charge in [0.25, 0.3) is 0 Å². The number of nitrogens with zero attached hydrogens (tertiary/aromatic N) is 2. The molecular formula is C11H6F3IN2O. The minimum atomic E-state index is -4.35. The smallest absolute Gasteiger partial charge is 0.416 e. The van der Waals surface area contributed by atoms with Crippen LogP contribution in [0.15, 0.2) is 36.8 Å². The van der Waals surface area contributed by atoms with Crippen molar-refractivity contribution in [3.05, 3.63) is 45.9 Å². The lowest BCUT2D eigenvalue weighted by Crippen LogP contribution is -2.04. The summed E-state index contributed by atoms with van der Waals surface area (Å²) in [4.78, 5) is 7.67. The average molecular weight is 366 g/mol. The van der Waals surface area contributed by atoms with Crippen molar-refractivity contribution in [2.24, 2.45) is 0 Å². The van der Waals surface area contributed by atoms with Gasteiger partial charge in [-0.05, 0) is 46.9 Å². The Labute approximate surface area is 114 Å². The Kier molecular flexibility index (Phi) is 3.69. The van der Waals surface area contributed by atoms with Crippen LogP contribution in [-0.2, 0) is 6.18 Å². The van der Waals surface area contributed by atoms with Crippen molar-refractivity contribution < 1.29 is 17.9 Å². The van der Waals surface area contributed by atoms with Crippen molar-refractivity contribution in [3.63, 3.8) is 0 Å². The third-order valence-corrected chi connectivity index (χ3v) is 2.77. The third-order valence-electron chi connectivity index (χ3n) is 2.03. The van der Waals surface area contributed by atoms with Gasteiger partial charge in [-0.1, -0.05) is 0 Å². The molecule has 94 valence electrons. The zero-order valence-electron chi connectivity index (χ0n) is 8.78. The van der Waals surface area contributed by atoms with Crippen LogP contribution >= 0.6 is 22.6 Å². The van der Waals surface area contributed by atoms with Gasteiger partial charge in [0.15, 0.2) is 0 Å². The van der Waals surface area contributed by atoms with Gasteiger partial charge in [0.1, 0.15) is 12.1 Å². The predicted molar refractivity (Wildman–Crippen MR) is 66.3 cm³/mol. The van der Waals surface area contributed by atoms with Crippen LogP contribution in [0.25, 0.3) is 0 Å². The SMILES string of the molecule is FC(F)(F)c1ccc(Oc2ncncc2I)cc1. The molecule has 1 heterocycles. The summed E-state index contributed by atoms with van der Waals surface area (Å²) in [6.45, 7) is 0. The van der Waals surface area contributed by atoms with Crippen molar-refractivity contribution in [2.75, 3.05) is 0 Å². The lowest BCUT2D eigenvalue weighted by atomic mass is 10.2. The number of halogens is 4. The molecule has 7 heteroatoms. The Balaban J connectivity index is 2.19. The van der Waals surface area contributed by atoms with Crippen LogP contribution in [-0.4, -0.2) is 9.97 Å².